The summed E-state index contributed by atoms with van der Waals surface area (Å²) in [4.78, 5) is 14.9. The quantitative estimate of drug-likeness (QED) is 0.380. The van der Waals surface area contributed by atoms with E-state index in [-0.39, 0.29) is 5.78 Å². The van der Waals surface area contributed by atoms with Gasteiger partial charge < -0.3 is 4.90 Å². The van der Waals surface area contributed by atoms with Gasteiger partial charge in [-0.15, -0.1) is 10.2 Å². The lowest BCUT2D eigenvalue weighted by Gasteiger charge is -2.33. The normalized spacial score (nSPS) is 14.1. The summed E-state index contributed by atoms with van der Waals surface area (Å²) in [6, 6.07) is 19.9. The summed E-state index contributed by atoms with van der Waals surface area (Å²) >= 11 is 0. The molecule has 5 rings (SSSR count). The Labute approximate surface area is 195 Å². The maximum absolute atomic E-state index is 12.6. The highest BCUT2D eigenvalue weighted by Gasteiger charge is 2.25. The van der Waals surface area contributed by atoms with Crippen molar-refractivity contribution in [3.8, 4) is 11.4 Å². The first-order valence-corrected chi connectivity index (χ1v) is 11.8. The number of nitrogens with zero attached hydrogens (tertiary/aromatic N) is 5. The van der Waals surface area contributed by atoms with Crippen LogP contribution < -0.4 is 4.90 Å². The molecule has 0 spiro atoms. The highest BCUT2D eigenvalue weighted by Crippen LogP contribution is 2.33. The molecule has 0 bridgehead atoms. The minimum absolute atomic E-state index is 0.241. The lowest BCUT2D eigenvalue weighted by atomic mass is 9.89. The number of fused-ring (bicyclic) bond motifs is 1. The molecule has 3 heterocycles. The van der Waals surface area contributed by atoms with E-state index in [0.717, 1.165) is 59.5 Å². The second kappa shape index (κ2) is 10.4. The first-order chi connectivity index (χ1) is 16.2. The molecule has 0 saturated carbocycles. The van der Waals surface area contributed by atoms with Crippen LogP contribution in [0.2, 0.25) is 0 Å². The van der Waals surface area contributed by atoms with E-state index in [1.807, 2.05) is 74.1 Å². The molecule has 0 N–H and O–H groups in total. The van der Waals surface area contributed by atoms with Crippen molar-refractivity contribution in [3.05, 3.63) is 72.4 Å². The van der Waals surface area contributed by atoms with Gasteiger partial charge in [0.05, 0.1) is 5.69 Å². The Kier molecular flexibility index (Phi) is 7.13. The average molecular weight is 442 g/mol. The highest BCUT2D eigenvalue weighted by atomic mass is 16.1. The van der Waals surface area contributed by atoms with Crippen molar-refractivity contribution in [1.82, 2.24) is 20.0 Å². The molecule has 1 aliphatic heterocycles. The van der Waals surface area contributed by atoms with Crippen molar-refractivity contribution in [1.29, 1.82) is 0 Å². The van der Waals surface area contributed by atoms with E-state index in [1.165, 1.54) is 0 Å². The van der Waals surface area contributed by atoms with E-state index >= 15 is 0 Å². The molecule has 1 aliphatic rings. The van der Waals surface area contributed by atoms with E-state index in [4.69, 9.17) is 0 Å². The summed E-state index contributed by atoms with van der Waals surface area (Å²) in [5.41, 5.74) is 2.61. The molecule has 0 atom stereocenters. The summed E-state index contributed by atoms with van der Waals surface area (Å²) < 4.78 is 1.82. The van der Waals surface area contributed by atoms with Crippen molar-refractivity contribution in [2.24, 2.45) is 13.0 Å². The zero-order valence-electron chi connectivity index (χ0n) is 19.6. The van der Waals surface area contributed by atoms with Crippen LogP contribution in [0, 0.1) is 5.92 Å². The van der Waals surface area contributed by atoms with Gasteiger partial charge in [0.25, 0.3) is 0 Å². The van der Waals surface area contributed by atoms with Gasteiger partial charge in [0.2, 0.25) is 0 Å². The number of hydrogen-bond acceptors (Lipinski definition) is 5. The third kappa shape index (κ3) is 4.80. The standard InChI is InChI=1S/C25H25N5O.C2H6/c1-29-22(11-14-26-29)24-20-9-5-6-10-21(20)25(28-27-24)30-15-12-18(13-16-30)17-23(31)19-7-3-2-4-8-19;1-2/h2-11,14,18H,12-13,15-17H2,1H3;1-2H3. The van der Waals surface area contributed by atoms with Crippen LogP contribution >= 0.6 is 0 Å². The Bertz CT molecular complexity index is 1210. The number of carbonyl (C=O) groups is 1. The molecule has 0 aliphatic carbocycles. The molecule has 1 saturated heterocycles. The molecular formula is C27H31N5O. The van der Waals surface area contributed by atoms with Crippen molar-refractivity contribution in [3.63, 3.8) is 0 Å². The van der Waals surface area contributed by atoms with Gasteiger partial charge in [-0.2, -0.15) is 5.10 Å². The number of carbonyl (C=O) groups excluding carboxylic acids is 1. The molecular weight excluding hydrogens is 410 g/mol. The molecule has 4 aromatic rings. The zero-order chi connectivity index (χ0) is 23.2. The summed E-state index contributed by atoms with van der Waals surface area (Å²) in [6.45, 7) is 5.77. The third-order valence-corrected chi connectivity index (χ3v) is 6.22. The smallest absolute Gasteiger partial charge is 0.163 e. The van der Waals surface area contributed by atoms with E-state index in [0.29, 0.717) is 12.3 Å². The minimum atomic E-state index is 0.241. The predicted octanol–water partition coefficient (Wildman–Crippen LogP) is 5.55. The number of anilines is 1. The monoisotopic (exact) mass is 441 g/mol. The molecule has 0 radical (unpaired) electrons. The van der Waals surface area contributed by atoms with Crippen molar-refractivity contribution < 1.29 is 4.79 Å². The highest BCUT2D eigenvalue weighted by molar-refractivity contribution is 6.00. The topological polar surface area (TPSA) is 63.9 Å². The van der Waals surface area contributed by atoms with Gasteiger partial charge in [0, 0.05) is 49.1 Å². The Morgan fingerprint density at radius 2 is 1.58 bits per heavy atom. The molecule has 170 valence electrons. The molecule has 0 unspecified atom stereocenters. The molecule has 0 amide bonds. The largest absolute Gasteiger partial charge is 0.355 e. The van der Waals surface area contributed by atoms with Crippen LogP contribution in [0.3, 0.4) is 0 Å². The van der Waals surface area contributed by atoms with Gasteiger partial charge in [0.15, 0.2) is 11.6 Å². The third-order valence-electron chi connectivity index (χ3n) is 6.22. The predicted molar refractivity (Wildman–Crippen MR) is 133 cm³/mol. The molecule has 6 heteroatoms. The number of aromatic nitrogens is 4. The van der Waals surface area contributed by atoms with Gasteiger partial charge in [-0.25, -0.2) is 0 Å². The summed E-state index contributed by atoms with van der Waals surface area (Å²) in [6.07, 6.45) is 4.36. The van der Waals surface area contributed by atoms with Crippen molar-refractivity contribution in [2.75, 3.05) is 18.0 Å². The zero-order valence-corrected chi connectivity index (χ0v) is 19.6. The molecule has 2 aromatic heterocycles. The van der Waals surface area contributed by atoms with Gasteiger partial charge in [-0.1, -0.05) is 68.4 Å². The second-order valence-corrected chi connectivity index (χ2v) is 8.18. The molecule has 6 nitrogen and oxygen atoms in total. The van der Waals surface area contributed by atoms with Crippen LogP contribution in [0.4, 0.5) is 5.82 Å². The van der Waals surface area contributed by atoms with Crippen LogP contribution in [-0.2, 0) is 7.05 Å². The van der Waals surface area contributed by atoms with E-state index in [1.54, 1.807) is 6.20 Å². The van der Waals surface area contributed by atoms with Gasteiger partial charge in [-0.3, -0.25) is 9.48 Å². The number of benzene rings is 2. The Balaban J connectivity index is 0.00000126. The Morgan fingerprint density at radius 3 is 2.24 bits per heavy atom. The number of ketones is 1. The number of aryl methyl sites for hydroxylation is 1. The maximum Gasteiger partial charge on any atom is 0.163 e. The lowest BCUT2D eigenvalue weighted by Crippen LogP contribution is -2.35. The summed E-state index contributed by atoms with van der Waals surface area (Å²) in [5.74, 6) is 1.58. The van der Waals surface area contributed by atoms with Crippen LogP contribution in [0.15, 0.2) is 66.9 Å². The SMILES string of the molecule is CC.Cn1nccc1-c1nnc(N2CCC(CC(=O)c3ccccc3)CC2)c2ccccc12. The number of piperidine rings is 1. The summed E-state index contributed by atoms with van der Waals surface area (Å²) in [5, 5.41) is 15.7. The first-order valence-electron chi connectivity index (χ1n) is 11.8. The molecule has 1 fully saturated rings. The van der Waals surface area contributed by atoms with E-state index < -0.39 is 0 Å². The van der Waals surface area contributed by atoms with Crippen LogP contribution in [-0.4, -0.2) is 38.9 Å². The fraction of sp³-hybridized carbons (Fsp3) is 0.333. The summed E-state index contributed by atoms with van der Waals surface area (Å²) in [7, 11) is 1.92. The lowest BCUT2D eigenvalue weighted by molar-refractivity contribution is 0.0954. The minimum Gasteiger partial charge on any atom is -0.355 e. The van der Waals surface area contributed by atoms with Gasteiger partial charge in [-0.05, 0) is 24.8 Å². The van der Waals surface area contributed by atoms with Crippen LogP contribution in [0.1, 0.15) is 43.5 Å². The number of Topliss-reactive ketones (excluding diaryl/α,β-unsaturated/α-hetero) is 1. The molecule has 33 heavy (non-hydrogen) atoms. The van der Waals surface area contributed by atoms with Crippen molar-refractivity contribution >= 4 is 22.4 Å². The van der Waals surface area contributed by atoms with Gasteiger partial charge >= 0.3 is 0 Å². The second-order valence-electron chi connectivity index (χ2n) is 8.18. The maximum atomic E-state index is 12.6. The van der Waals surface area contributed by atoms with Gasteiger partial charge in [0.1, 0.15) is 5.69 Å². The van der Waals surface area contributed by atoms with Crippen molar-refractivity contribution in [2.45, 2.75) is 33.1 Å². The van der Waals surface area contributed by atoms with E-state index in [2.05, 4.69) is 32.3 Å². The number of hydrogen-bond donors (Lipinski definition) is 0. The first kappa shape index (κ1) is 22.6. The number of rotatable bonds is 5. The van der Waals surface area contributed by atoms with Crippen LogP contribution in [0.25, 0.3) is 22.2 Å². The fourth-order valence-electron chi connectivity index (χ4n) is 4.47. The van der Waals surface area contributed by atoms with Crippen LogP contribution in [0.5, 0.6) is 0 Å². The van der Waals surface area contributed by atoms with E-state index in [9.17, 15) is 4.79 Å². The fourth-order valence-corrected chi connectivity index (χ4v) is 4.47. The average Bonchev–Trinajstić information content (AvgIpc) is 3.31. The molecule has 2 aromatic carbocycles. The Morgan fingerprint density at radius 1 is 0.909 bits per heavy atom. The Hall–Kier alpha value is -3.54.